The highest BCUT2D eigenvalue weighted by Gasteiger charge is 2.08. The lowest BCUT2D eigenvalue weighted by Crippen LogP contribution is -1.95. The summed E-state index contributed by atoms with van der Waals surface area (Å²) in [4.78, 5) is 4.13. The molecule has 0 aliphatic rings. The van der Waals surface area contributed by atoms with E-state index in [0.717, 1.165) is 17.7 Å². The highest BCUT2D eigenvalue weighted by molar-refractivity contribution is 5.33. The molecule has 0 amide bonds. The number of hydrogen-bond donors (Lipinski definition) is 0. The Morgan fingerprint density at radius 3 is 2.94 bits per heavy atom. The van der Waals surface area contributed by atoms with Crippen molar-refractivity contribution in [1.29, 1.82) is 5.26 Å². The van der Waals surface area contributed by atoms with Crippen molar-refractivity contribution in [2.45, 2.75) is 19.3 Å². The number of aromatic nitrogens is 2. The number of rotatable bonds is 5. The van der Waals surface area contributed by atoms with Crippen LogP contribution in [0.5, 0.6) is 5.75 Å². The monoisotopic (exact) mass is 243 g/mol. The number of ether oxygens (including phenoxy) is 1. The number of para-hydroxylation sites is 1. The SMILES string of the molecule is COc1ccccc1CCc1nc(CC#N)no1. The first-order valence-corrected chi connectivity index (χ1v) is 5.64. The van der Waals surface area contributed by atoms with Gasteiger partial charge in [-0.1, -0.05) is 23.4 Å². The van der Waals surface area contributed by atoms with Gasteiger partial charge in [-0.15, -0.1) is 0 Å². The molecule has 5 nitrogen and oxygen atoms in total. The van der Waals surface area contributed by atoms with Gasteiger partial charge in [-0.05, 0) is 18.1 Å². The van der Waals surface area contributed by atoms with Crippen molar-refractivity contribution < 1.29 is 9.26 Å². The first-order valence-electron chi connectivity index (χ1n) is 5.64. The maximum Gasteiger partial charge on any atom is 0.227 e. The second-order valence-corrected chi connectivity index (χ2v) is 3.75. The molecule has 0 N–H and O–H groups in total. The maximum atomic E-state index is 8.52. The number of hydrogen-bond acceptors (Lipinski definition) is 5. The van der Waals surface area contributed by atoms with E-state index in [1.807, 2.05) is 30.3 Å². The Hall–Kier alpha value is -2.35. The van der Waals surface area contributed by atoms with E-state index in [9.17, 15) is 0 Å². The van der Waals surface area contributed by atoms with Gasteiger partial charge < -0.3 is 9.26 Å². The Kier molecular flexibility index (Phi) is 3.92. The average molecular weight is 243 g/mol. The number of methoxy groups -OCH3 is 1. The average Bonchev–Trinajstić information content (AvgIpc) is 2.85. The minimum Gasteiger partial charge on any atom is -0.496 e. The van der Waals surface area contributed by atoms with Crippen LogP contribution in [0.25, 0.3) is 0 Å². The molecule has 0 unspecified atom stereocenters. The van der Waals surface area contributed by atoms with Crippen molar-refractivity contribution in [3.63, 3.8) is 0 Å². The lowest BCUT2D eigenvalue weighted by Gasteiger charge is -2.05. The molecule has 0 atom stereocenters. The molecule has 2 aromatic rings. The van der Waals surface area contributed by atoms with E-state index in [-0.39, 0.29) is 6.42 Å². The molecule has 92 valence electrons. The molecule has 0 spiro atoms. The third-order valence-electron chi connectivity index (χ3n) is 2.55. The van der Waals surface area contributed by atoms with Crippen molar-refractivity contribution in [1.82, 2.24) is 10.1 Å². The van der Waals surface area contributed by atoms with Gasteiger partial charge in [-0.2, -0.15) is 10.2 Å². The molecule has 0 aliphatic heterocycles. The van der Waals surface area contributed by atoms with Crippen molar-refractivity contribution in [3.8, 4) is 11.8 Å². The maximum absolute atomic E-state index is 8.52. The van der Waals surface area contributed by atoms with Crippen molar-refractivity contribution in [3.05, 3.63) is 41.5 Å². The van der Waals surface area contributed by atoms with Crippen LogP contribution in [-0.2, 0) is 19.3 Å². The van der Waals surface area contributed by atoms with Gasteiger partial charge in [0.15, 0.2) is 5.82 Å². The minimum absolute atomic E-state index is 0.179. The van der Waals surface area contributed by atoms with Crippen LogP contribution in [0.1, 0.15) is 17.3 Å². The smallest absolute Gasteiger partial charge is 0.227 e. The van der Waals surface area contributed by atoms with Gasteiger partial charge in [0.05, 0.1) is 19.6 Å². The molecule has 1 aromatic heterocycles. The number of benzene rings is 1. The van der Waals surface area contributed by atoms with Gasteiger partial charge >= 0.3 is 0 Å². The second kappa shape index (κ2) is 5.82. The second-order valence-electron chi connectivity index (χ2n) is 3.75. The molecular weight excluding hydrogens is 230 g/mol. The molecule has 0 bridgehead atoms. The fourth-order valence-corrected chi connectivity index (χ4v) is 1.69. The first kappa shape index (κ1) is 12.1. The lowest BCUT2D eigenvalue weighted by atomic mass is 10.1. The fraction of sp³-hybridized carbons (Fsp3) is 0.308. The molecule has 2 rings (SSSR count). The molecule has 0 saturated carbocycles. The van der Waals surface area contributed by atoms with Crippen LogP contribution < -0.4 is 4.74 Å². The van der Waals surface area contributed by atoms with Gasteiger partial charge in [0.25, 0.3) is 0 Å². The summed E-state index contributed by atoms with van der Waals surface area (Å²) in [5, 5.41) is 12.2. The summed E-state index contributed by atoms with van der Waals surface area (Å²) in [6.07, 6.45) is 1.58. The Labute approximate surface area is 105 Å². The van der Waals surface area contributed by atoms with E-state index in [2.05, 4.69) is 10.1 Å². The molecule has 0 aliphatic carbocycles. The summed E-state index contributed by atoms with van der Waals surface area (Å²) < 4.78 is 10.3. The minimum atomic E-state index is 0.179. The first-order chi connectivity index (χ1) is 8.83. The fourth-order valence-electron chi connectivity index (χ4n) is 1.69. The van der Waals surface area contributed by atoms with E-state index in [4.69, 9.17) is 14.5 Å². The number of nitrogens with zero attached hydrogens (tertiary/aromatic N) is 3. The zero-order chi connectivity index (χ0) is 12.8. The summed E-state index contributed by atoms with van der Waals surface area (Å²) in [6, 6.07) is 9.81. The normalized spacial score (nSPS) is 10.0. The Morgan fingerprint density at radius 2 is 2.17 bits per heavy atom. The summed E-state index contributed by atoms with van der Waals surface area (Å²) in [5.41, 5.74) is 1.10. The van der Waals surface area contributed by atoms with E-state index < -0.39 is 0 Å². The van der Waals surface area contributed by atoms with Gasteiger partial charge in [0, 0.05) is 6.42 Å². The topological polar surface area (TPSA) is 71.9 Å². The van der Waals surface area contributed by atoms with Crippen molar-refractivity contribution in [2.75, 3.05) is 7.11 Å². The number of aryl methyl sites for hydroxylation is 2. The Morgan fingerprint density at radius 1 is 1.33 bits per heavy atom. The molecule has 0 saturated heterocycles. The summed E-state index contributed by atoms with van der Waals surface area (Å²) >= 11 is 0. The predicted molar refractivity (Wildman–Crippen MR) is 64.0 cm³/mol. The standard InChI is InChI=1S/C13H13N3O2/c1-17-11-5-3-2-4-10(11)6-7-13-15-12(8-9-14)16-18-13/h2-5H,6-8H2,1H3. The van der Waals surface area contributed by atoms with Gasteiger partial charge in [0.1, 0.15) is 5.75 Å². The van der Waals surface area contributed by atoms with Crippen molar-refractivity contribution in [2.24, 2.45) is 0 Å². The van der Waals surface area contributed by atoms with Crippen molar-refractivity contribution >= 4 is 0 Å². The predicted octanol–water partition coefficient (Wildman–Crippen LogP) is 1.93. The van der Waals surface area contributed by atoms with Gasteiger partial charge in [-0.3, -0.25) is 0 Å². The molecule has 0 fully saturated rings. The molecule has 18 heavy (non-hydrogen) atoms. The van der Waals surface area contributed by atoms with Crippen LogP contribution in [0.3, 0.4) is 0 Å². The third kappa shape index (κ3) is 2.86. The summed E-state index contributed by atoms with van der Waals surface area (Å²) in [6.45, 7) is 0. The molecular formula is C13H13N3O2. The van der Waals surface area contributed by atoms with Crippen LogP contribution >= 0.6 is 0 Å². The van der Waals surface area contributed by atoms with E-state index in [1.54, 1.807) is 7.11 Å². The van der Waals surface area contributed by atoms with Crippen LogP contribution in [-0.4, -0.2) is 17.3 Å². The summed E-state index contributed by atoms with van der Waals surface area (Å²) in [5.74, 6) is 1.84. The molecule has 1 heterocycles. The quantitative estimate of drug-likeness (QED) is 0.802. The van der Waals surface area contributed by atoms with E-state index in [0.29, 0.717) is 18.1 Å². The van der Waals surface area contributed by atoms with E-state index >= 15 is 0 Å². The summed E-state index contributed by atoms with van der Waals surface area (Å²) in [7, 11) is 1.65. The molecule has 5 heteroatoms. The van der Waals surface area contributed by atoms with Crippen LogP contribution in [0.4, 0.5) is 0 Å². The number of nitriles is 1. The highest BCUT2D eigenvalue weighted by Crippen LogP contribution is 2.19. The lowest BCUT2D eigenvalue weighted by molar-refractivity contribution is 0.372. The van der Waals surface area contributed by atoms with E-state index in [1.165, 1.54) is 0 Å². The van der Waals surface area contributed by atoms with Gasteiger partial charge in [-0.25, -0.2) is 0 Å². The van der Waals surface area contributed by atoms with Crippen LogP contribution in [0.15, 0.2) is 28.8 Å². The van der Waals surface area contributed by atoms with Gasteiger partial charge in [0.2, 0.25) is 5.89 Å². The Bertz CT molecular complexity index is 557. The Balaban J connectivity index is 2.00. The molecule has 0 radical (unpaired) electrons. The van der Waals surface area contributed by atoms with Crippen LogP contribution in [0.2, 0.25) is 0 Å². The third-order valence-corrected chi connectivity index (χ3v) is 2.55. The molecule has 1 aromatic carbocycles. The highest BCUT2D eigenvalue weighted by atomic mass is 16.5. The van der Waals surface area contributed by atoms with Crippen LogP contribution in [0, 0.1) is 11.3 Å². The zero-order valence-corrected chi connectivity index (χ0v) is 10.1. The largest absolute Gasteiger partial charge is 0.496 e. The zero-order valence-electron chi connectivity index (χ0n) is 10.1.